The second-order valence-electron chi connectivity index (χ2n) is 7.88. The molecule has 4 unspecified atom stereocenters. The summed E-state index contributed by atoms with van der Waals surface area (Å²) in [4.78, 5) is 12.0. The second kappa shape index (κ2) is 6.98. The van der Waals surface area contributed by atoms with Crippen molar-refractivity contribution in [1.29, 1.82) is 0 Å². The molecule has 1 aromatic heterocycles. The van der Waals surface area contributed by atoms with Gasteiger partial charge in [-0.25, -0.2) is 9.18 Å². The van der Waals surface area contributed by atoms with Crippen molar-refractivity contribution in [2.75, 3.05) is 5.32 Å². The number of phenolic OH excluding ortho intramolecular Hbond substituents is 1. The summed E-state index contributed by atoms with van der Waals surface area (Å²) >= 11 is 0. The molecule has 4 atom stereocenters. The maximum Gasteiger partial charge on any atom is 0.419 e. The molecule has 0 saturated carbocycles. The van der Waals surface area contributed by atoms with Crippen LogP contribution in [0.4, 0.5) is 23.2 Å². The first-order chi connectivity index (χ1) is 14.5. The Morgan fingerprint density at radius 3 is 2.52 bits per heavy atom. The van der Waals surface area contributed by atoms with E-state index in [0.717, 1.165) is 18.4 Å². The first kappa shape index (κ1) is 21.2. The summed E-state index contributed by atoms with van der Waals surface area (Å²) in [5.74, 6) is -3.72. The van der Waals surface area contributed by atoms with Crippen molar-refractivity contribution >= 4 is 16.5 Å². The first-order valence-electron chi connectivity index (χ1n) is 9.55. The average Bonchev–Trinajstić information content (AvgIpc) is 2.68. The van der Waals surface area contributed by atoms with Crippen molar-refractivity contribution in [3.63, 3.8) is 0 Å². The molecule has 3 N–H and O–H groups in total. The molecular weight excluding hydrogens is 418 g/mol. The Morgan fingerprint density at radius 1 is 1.13 bits per heavy atom. The molecule has 0 aliphatic heterocycles. The van der Waals surface area contributed by atoms with Gasteiger partial charge in [-0.1, -0.05) is 19.9 Å². The summed E-state index contributed by atoms with van der Waals surface area (Å²) in [6, 6.07) is 5.62. The van der Waals surface area contributed by atoms with E-state index in [9.17, 15) is 32.6 Å². The van der Waals surface area contributed by atoms with Crippen LogP contribution < -0.4 is 10.9 Å². The Hall–Kier alpha value is -3.07. The number of hydrogen-bond donors (Lipinski definition) is 3. The Bertz CT molecular complexity index is 1220. The van der Waals surface area contributed by atoms with E-state index in [-0.39, 0.29) is 27.6 Å². The van der Waals surface area contributed by atoms with E-state index in [0.29, 0.717) is 0 Å². The minimum atomic E-state index is -5.08. The number of phenols is 1. The highest BCUT2D eigenvalue weighted by Crippen LogP contribution is 2.57. The van der Waals surface area contributed by atoms with Crippen molar-refractivity contribution < 1.29 is 32.2 Å². The van der Waals surface area contributed by atoms with Crippen molar-refractivity contribution in [2.45, 2.75) is 37.6 Å². The highest BCUT2D eigenvalue weighted by molar-refractivity contribution is 5.93. The van der Waals surface area contributed by atoms with E-state index in [1.54, 1.807) is 0 Å². The molecule has 1 aliphatic carbocycles. The van der Waals surface area contributed by atoms with Crippen LogP contribution in [0, 0.1) is 11.7 Å². The van der Waals surface area contributed by atoms with E-state index in [1.807, 2.05) is 0 Å². The zero-order valence-electron chi connectivity index (χ0n) is 16.5. The summed E-state index contributed by atoms with van der Waals surface area (Å²) in [6.07, 6.45) is -3.97. The summed E-state index contributed by atoms with van der Waals surface area (Å²) in [6.45, 7) is 2.67. The number of fused-ring (bicyclic) bond motifs is 2. The van der Waals surface area contributed by atoms with Crippen LogP contribution in [-0.4, -0.2) is 22.0 Å². The quantitative estimate of drug-likeness (QED) is 0.500. The van der Waals surface area contributed by atoms with Crippen LogP contribution in [0.5, 0.6) is 5.75 Å². The summed E-state index contributed by atoms with van der Waals surface area (Å²) < 4.78 is 61.7. The van der Waals surface area contributed by atoms with Gasteiger partial charge in [-0.2, -0.15) is 13.2 Å². The lowest BCUT2D eigenvalue weighted by Gasteiger charge is -2.49. The minimum Gasteiger partial charge on any atom is -0.508 e. The van der Waals surface area contributed by atoms with Gasteiger partial charge in [0, 0.05) is 28.6 Å². The molecule has 1 heterocycles. The average molecular weight is 437 g/mol. The monoisotopic (exact) mass is 437 g/mol. The molecular formula is C22H19F4NO4. The van der Waals surface area contributed by atoms with Gasteiger partial charge in [0.2, 0.25) is 0 Å². The van der Waals surface area contributed by atoms with Gasteiger partial charge in [0.1, 0.15) is 11.6 Å². The van der Waals surface area contributed by atoms with Gasteiger partial charge in [-0.05, 0) is 35.7 Å². The SMILES string of the molecule is CC1c2c(O)cc(F)cc2C(Nc2cccc3c(=O)occc23)C(O)(C(F)(F)F)C1C. The minimum absolute atomic E-state index is 0.120. The third-order valence-corrected chi connectivity index (χ3v) is 6.30. The Balaban J connectivity index is 1.99. The van der Waals surface area contributed by atoms with Crippen molar-refractivity contribution in [3.05, 3.63) is 70.0 Å². The number of hydrogen-bond acceptors (Lipinski definition) is 5. The van der Waals surface area contributed by atoms with E-state index in [4.69, 9.17) is 4.42 Å². The molecule has 0 amide bonds. The molecule has 31 heavy (non-hydrogen) atoms. The predicted octanol–water partition coefficient (Wildman–Crippen LogP) is 4.84. The van der Waals surface area contributed by atoms with E-state index >= 15 is 0 Å². The van der Waals surface area contributed by atoms with Crippen molar-refractivity contribution in [1.82, 2.24) is 0 Å². The fourth-order valence-electron chi connectivity index (χ4n) is 4.53. The third-order valence-electron chi connectivity index (χ3n) is 6.30. The van der Waals surface area contributed by atoms with Gasteiger partial charge in [-0.15, -0.1) is 0 Å². The lowest BCUT2D eigenvalue weighted by Crippen LogP contribution is -2.60. The number of halogens is 4. The zero-order chi connectivity index (χ0) is 22.7. The summed E-state index contributed by atoms with van der Waals surface area (Å²) in [7, 11) is 0. The lowest BCUT2D eigenvalue weighted by atomic mass is 9.64. The lowest BCUT2D eigenvalue weighted by molar-refractivity contribution is -0.289. The van der Waals surface area contributed by atoms with Crippen LogP contribution in [0.3, 0.4) is 0 Å². The molecule has 0 bridgehead atoms. The normalized spacial score (nSPS) is 26.0. The van der Waals surface area contributed by atoms with Crippen LogP contribution in [0.15, 0.2) is 51.9 Å². The van der Waals surface area contributed by atoms with Crippen LogP contribution in [0.25, 0.3) is 10.8 Å². The highest BCUT2D eigenvalue weighted by Gasteiger charge is 2.65. The maximum absolute atomic E-state index is 14.3. The highest BCUT2D eigenvalue weighted by atomic mass is 19.4. The smallest absolute Gasteiger partial charge is 0.419 e. The Labute approximate surface area is 173 Å². The molecule has 1 aliphatic rings. The number of aliphatic hydroxyl groups is 1. The Kier molecular flexibility index (Phi) is 4.77. The number of nitrogens with one attached hydrogen (secondary N) is 1. The fraction of sp³-hybridized carbons (Fsp3) is 0.318. The van der Waals surface area contributed by atoms with E-state index in [2.05, 4.69) is 5.32 Å². The predicted molar refractivity (Wildman–Crippen MR) is 105 cm³/mol. The number of alkyl halides is 3. The number of anilines is 1. The number of benzene rings is 2. The summed E-state index contributed by atoms with van der Waals surface area (Å²) in [5.41, 5.74) is -3.93. The molecule has 0 radical (unpaired) electrons. The topological polar surface area (TPSA) is 82.7 Å². The molecule has 9 heteroatoms. The molecule has 2 aromatic carbocycles. The van der Waals surface area contributed by atoms with Gasteiger partial charge in [0.15, 0.2) is 5.60 Å². The van der Waals surface area contributed by atoms with Gasteiger partial charge < -0.3 is 19.9 Å². The van der Waals surface area contributed by atoms with Crippen molar-refractivity contribution in [2.24, 2.45) is 5.92 Å². The number of aromatic hydroxyl groups is 1. The van der Waals surface area contributed by atoms with Crippen LogP contribution in [0.2, 0.25) is 0 Å². The maximum atomic E-state index is 14.3. The molecule has 164 valence electrons. The van der Waals surface area contributed by atoms with Crippen LogP contribution in [-0.2, 0) is 0 Å². The molecule has 3 aromatic rings. The molecule has 0 spiro atoms. The standard InChI is InChI=1S/C22H19F4NO4/c1-10-11(2)21(30,22(24,25)26)19(15-8-12(23)9-17(28)18(10)15)27-16-5-3-4-14-13(16)6-7-31-20(14)29/h3-11,19,27-28,30H,1-2H3. The molecule has 5 nitrogen and oxygen atoms in total. The molecule has 4 rings (SSSR count). The van der Waals surface area contributed by atoms with Gasteiger partial charge in [0.05, 0.1) is 17.7 Å². The summed E-state index contributed by atoms with van der Waals surface area (Å²) in [5, 5.41) is 24.4. The fourth-order valence-corrected chi connectivity index (χ4v) is 4.53. The van der Waals surface area contributed by atoms with Crippen LogP contribution in [0.1, 0.15) is 36.9 Å². The van der Waals surface area contributed by atoms with Gasteiger partial charge in [-0.3, -0.25) is 0 Å². The Morgan fingerprint density at radius 2 is 1.84 bits per heavy atom. The van der Waals surface area contributed by atoms with Crippen molar-refractivity contribution in [3.8, 4) is 5.75 Å². The number of rotatable bonds is 2. The zero-order valence-corrected chi connectivity index (χ0v) is 16.5. The van der Waals surface area contributed by atoms with E-state index < -0.39 is 46.8 Å². The van der Waals surface area contributed by atoms with Gasteiger partial charge >= 0.3 is 11.8 Å². The first-order valence-corrected chi connectivity index (χ1v) is 9.55. The molecule has 0 saturated heterocycles. The van der Waals surface area contributed by atoms with Crippen LogP contribution >= 0.6 is 0 Å². The second-order valence-corrected chi connectivity index (χ2v) is 7.88. The largest absolute Gasteiger partial charge is 0.508 e. The third kappa shape index (κ3) is 3.06. The van der Waals surface area contributed by atoms with Gasteiger partial charge in [0.25, 0.3) is 0 Å². The molecule has 0 fully saturated rings. The van der Waals surface area contributed by atoms with E-state index in [1.165, 1.54) is 38.1 Å².